The smallest absolute Gasteiger partial charge is 0.338 e. The minimum absolute atomic E-state index is 0.302. The first-order valence-corrected chi connectivity index (χ1v) is 10.8. The minimum Gasteiger partial charge on any atom is -0.497 e. The van der Waals surface area contributed by atoms with Gasteiger partial charge >= 0.3 is 5.97 Å². The van der Waals surface area contributed by atoms with Crippen LogP contribution in [-0.4, -0.2) is 34.5 Å². The van der Waals surface area contributed by atoms with Crippen LogP contribution >= 0.6 is 0 Å². The lowest BCUT2D eigenvalue weighted by Crippen LogP contribution is -2.29. The van der Waals surface area contributed by atoms with Crippen LogP contribution in [0.15, 0.2) is 59.8 Å². The van der Waals surface area contributed by atoms with Gasteiger partial charge in [0.1, 0.15) is 11.8 Å². The molecule has 0 amide bonds. The van der Waals surface area contributed by atoms with Gasteiger partial charge in [0, 0.05) is 11.3 Å². The van der Waals surface area contributed by atoms with Crippen LogP contribution in [0.5, 0.6) is 5.75 Å². The number of benzene rings is 2. The lowest BCUT2D eigenvalue weighted by atomic mass is 9.93. The number of nitrogens with zero attached hydrogens (tertiary/aromatic N) is 3. The van der Waals surface area contributed by atoms with Gasteiger partial charge in [-0.1, -0.05) is 38.1 Å². The van der Waals surface area contributed by atoms with Crippen molar-refractivity contribution in [1.82, 2.24) is 14.8 Å². The van der Waals surface area contributed by atoms with Crippen molar-refractivity contribution in [3.05, 3.63) is 70.9 Å². The van der Waals surface area contributed by atoms with E-state index >= 15 is 0 Å². The Morgan fingerprint density at radius 2 is 1.81 bits per heavy atom. The maximum Gasteiger partial charge on any atom is 0.338 e. The zero-order valence-corrected chi connectivity index (χ0v) is 19.0. The molecule has 0 aliphatic carbocycles. The summed E-state index contributed by atoms with van der Waals surface area (Å²) < 4.78 is 12.4. The summed E-state index contributed by atoms with van der Waals surface area (Å²) >= 11 is 0. The number of carbonyl (C=O) groups is 1. The summed E-state index contributed by atoms with van der Waals surface area (Å²) in [7, 11) is 1.63. The highest BCUT2D eigenvalue weighted by Crippen LogP contribution is 2.37. The van der Waals surface area contributed by atoms with Crippen molar-refractivity contribution in [2.45, 2.75) is 39.7 Å². The standard InChI is InChI=1S/C25H28N4O3/c1-6-32-24(30)21-16(4)26-25-27-23(19-11-13-20(31-5)14-12-19)28-29(25)22(21)18-9-7-17(8-10-18)15(2)3/h7-15,22H,6H2,1-5H3,(H,26,27,28). The highest BCUT2D eigenvalue weighted by molar-refractivity contribution is 5.92. The van der Waals surface area contributed by atoms with Gasteiger partial charge < -0.3 is 14.8 Å². The highest BCUT2D eigenvalue weighted by Gasteiger charge is 2.35. The quantitative estimate of drug-likeness (QED) is 0.557. The molecule has 7 nitrogen and oxygen atoms in total. The molecule has 4 rings (SSSR count). The van der Waals surface area contributed by atoms with Crippen LogP contribution in [0.2, 0.25) is 0 Å². The fraction of sp³-hybridized carbons (Fsp3) is 0.320. The topological polar surface area (TPSA) is 78.3 Å². The van der Waals surface area contributed by atoms with E-state index in [9.17, 15) is 4.79 Å². The second kappa shape index (κ2) is 8.86. The van der Waals surface area contributed by atoms with Gasteiger partial charge in [-0.15, -0.1) is 5.10 Å². The summed E-state index contributed by atoms with van der Waals surface area (Å²) in [4.78, 5) is 17.6. The van der Waals surface area contributed by atoms with E-state index in [1.807, 2.05) is 31.2 Å². The third kappa shape index (κ3) is 3.98. The average molecular weight is 433 g/mol. The zero-order chi connectivity index (χ0) is 22.8. The van der Waals surface area contributed by atoms with Crippen LogP contribution in [0.3, 0.4) is 0 Å². The third-order valence-corrected chi connectivity index (χ3v) is 5.62. The van der Waals surface area contributed by atoms with Gasteiger partial charge in [0.2, 0.25) is 5.95 Å². The van der Waals surface area contributed by atoms with Gasteiger partial charge in [0.25, 0.3) is 0 Å². The molecular weight excluding hydrogens is 404 g/mol. The Hall–Kier alpha value is -3.61. The lowest BCUT2D eigenvalue weighted by Gasteiger charge is -2.28. The Kier molecular flexibility index (Phi) is 5.99. The molecule has 2 aromatic carbocycles. The van der Waals surface area contributed by atoms with E-state index in [4.69, 9.17) is 19.6 Å². The molecule has 1 unspecified atom stereocenters. The molecule has 0 spiro atoms. The first-order valence-electron chi connectivity index (χ1n) is 10.8. The summed E-state index contributed by atoms with van der Waals surface area (Å²) in [6, 6.07) is 15.4. The number of fused-ring (bicyclic) bond motifs is 1. The Balaban J connectivity index is 1.81. The van der Waals surface area contributed by atoms with E-state index in [0.29, 0.717) is 35.6 Å². The highest BCUT2D eigenvalue weighted by atomic mass is 16.5. The van der Waals surface area contributed by atoms with Crippen molar-refractivity contribution in [3.8, 4) is 17.1 Å². The second-order valence-electron chi connectivity index (χ2n) is 8.04. The minimum atomic E-state index is -0.439. The third-order valence-electron chi connectivity index (χ3n) is 5.62. The Labute approximate surface area is 188 Å². The van der Waals surface area contributed by atoms with Crippen molar-refractivity contribution in [1.29, 1.82) is 0 Å². The summed E-state index contributed by atoms with van der Waals surface area (Å²) in [5.74, 6) is 1.97. The molecule has 0 saturated heterocycles. The normalized spacial score (nSPS) is 15.4. The Bertz CT molecular complexity index is 1140. The van der Waals surface area contributed by atoms with E-state index in [0.717, 1.165) is 16.9 Å². The molecule has 166 valence electrons. The summed E-state index contributed by atoms with van der Waals surface area (Å²) in [5.41, 5.74) is 4.29. The maximum atomic E-state index is 12.9. The van der Waals surface area contributed by atoms with Gasteiger partial charge in [-0.25, -0.2) is 9.48 Å². The fourth-order valence-electron chi connectivity index (χ4n) is 3.86. The number of aromatic nitrogens is 3. The van der Waals surface area contributed by atoms with Crippen LogP contribution < -0.4 is 10.1 Å². The van der Waals surface area contributed by atoms with Gasteiger partial charge in [-0.05, 0) is 55.2 Å². The molecule has 1 aliphatic heterocycles. The van der Waals surface area contributed by atoms with Gasteiger partial charge in [-0.2, -0.15) is 4.98 Å². The number of ether oxygens (including phenoxy) is 2. The van der Waals surface area contributed by atoms with Crippen LogP contribution in [0.4, 0.5) is 5.95 Å². The first-order chi connectivity index (χ1) is 15.4. The van der Waals surface area contributed by atoms with Crippen LogP contribution in [0, 0.1) is 0 Å². The monoisotopic (exact) mass is 432 g/mol. The van der Waals surface area contributed by atoms with Crippen LogP contribution in [0.25, 0.3) is 11.4 Å². The summed E-state index contributed by atoms with van der Waals surface area (Å²) in [6.07, 6.45) is 0. The van der Waals surface area contributed by atoms with Gasteiger partial charge in [0.05, 0.1) is 19.3 Å². The Morgan fingerprint density at radius 3 is 2.41 bits per heavy atom. The van der Waals surface area contributed by atoms with Crippen molar-refractivity contribution in [2.24, 2.45) is 0 Å². The lowest BCUT2D eigenvalue weighted by molar-refractivity contribution is -0.139. The van der Waals surface area contributed by atoms with Crippen molar-refractivity contribution in [3.63, 3.8) is 0 Å². The van der Waals surface area contributed by atoms with Crippen LogP contribution in [-0.2, 0) is 9.53 Å². The van der Waals surface area contributed by atoms with E-state index in [1.165, 1.54) is 5.56 Å². The number of carbonyl (C=O) groups excluding carboxylic acids is 1. The molecule has 1 aromatic heterocycles. The number of anilines is 1. The number of esters is 1. The summed E-state index contributed by atoms with van der Waals surface area (Å²) in [5, 5.41) is 8.01. The molecule has 3 aromatic rings. The molecule has 0 saturated carbocycles. The van der Waals surface area contributed by atoms with E-state index in [2.05, 4.69) is 43.4 Å². The molecule has 32 heavy (non-hydrogen) atoms. The molecule has 1 atom stereocenters. The molecule has 0 radical (unpaired) electrons. The molecule has 0 bridgehead atoms. The average Bonchev–Trinajstić information content (AvgIpc) is 3.22. The van der Waals surface area contributed by atoms with Crippen molar-refractivity contribution < 1.29 is 14.3 Å². The van der Waals surface area contributed by atoms with Gasteiger partial charge in [0.15, 0.2) is 5.82 Å². The fourth-order valence-corrected chi connectivity index (χ4v) is 3.86. The molecule has 7 heteroatoms. The number of allylic oxidation sites excluding steroid dienone is 1. The predicted octanol–water partition coefficient (Wildman–Crippen LogP) is 4.93. The van der Waals surface area contributed by atoms with Crippen molar-refractivity contribution in [2.75, 3.05) is 19.0 Å². The molecule has 0 fully saturated rings. The summed E-state index contributed by atoms with van der Waals surface area (Å²) in [6.45, 7) is 8.29. The SMILES string of the molecule is CCOC(=O)C1=C(C)Nc2nc(-c3ccc(OC)cc3)nn2C1c1ccc(C(C)C)cc1. The zero-order valence-electron chi connectivity index (χ0n) is 19.0. The van der Waals surface area contributed by atoms with Gasteiger partial charge in [-0.3, -0.25) is 0 Å². The number of hydrogen-bond donors (Lipinski definition) is 1. The molecular formula is C25H28N4O3. The van der Waals surface area contributed by atoms with E-state index in [1.54, 1.807) is 18.7 Å². The predicted molar refractivity (Wildman–Crippen MR) is 124 cm³/mol. The first kappa shape index (κ1) is 21.6. The number of nitrogens with one attached hydrogen (secondary N) is 1. The molecule has 1 N–H and O–H groups in total. The maximum absolute atomic E-state index is 12.9. The van der Waals surface area contributed by atoms with Crippen LogP contribution in [0.1, 0.15) is 50.8 Å². The van der Waals surface area contributed by atoms with Crippen molar-refractivity contribution >= 4 is 11.9 Å². The number of hydrogen-bond acceptors (Lipinski definition) is 6. The number of rotatable bonds is 6. The second-order valence-corrected chi connectivity index (χ2v) is 8.04. The van der Waals surface area contributed by atoms with E-state index < -0.39 is 6.04 Å². The molecule has 2 heterocycles. The Morgan fingerprint density at radius 1 is 1.12 bits per heavy atom. The number of methoxy groups -OCH3 is 1. The molecule has 1 aliphatic rings. The largest absolute Gasteiger partial charge is 0.497 e. The van der Waals surface area contributed by atoms with E-state index in [-0.39, 0.29) is 5.97 Å².